The molecule has 0 saturated carbocycles. The molecule has 16 heavy (non-hydrogen) atoms. The van der Waals surface area contributed by atoms with E-state index < -0.39 is 0 Å². The van der Waals surface area contributed by atoms with E-state index in [2.05, 4.69) is 26.1 Å². The highest BCUT2D eigenvalue weighted by Crippen LogP contribution is 2.24. The van der Waals surface area contributed by atoms with Gasteiger partial charge in [-0.2, -0.15) is 11.8 Å². The van der Waals surface area contributed by atoms with Gasteiger partial charge < -0.3 is 5.32 Å². The van der Waals surface area contributed by atoms with Crippen molar-refractivity contribution in [1.82, 2.24) is 10.3 Å². The second-order valence-electron chi connectivity index (χ2n) is 4.24. The summed E-state index contributed by atoms with van der Waals surface area (Å²) < 4.78 is 0. The second kappa shape index (κ2) is 7.30. The lowest BCUT2D eigenvalue weighted by Gasteiger charge is -2.03. The van der Waals surface area contributed by atoms with Crippen LogP contribution in [-0.4, -0.2) is 17.8 Å². The number of aromatic nitrogens is 1. The van der Waals surface area contributed by atoms with Crippen molar-refractivity contribution < 1.29 is 0 Å². The van der Waals surface area contributed by atoms with Crippen molar-refractivity contribution >= 4 is 23.1 Å². The van der Waals surface area contributed by atoms with Crippen molar-refractivity contribution in [3.8, 4) is 0 Å². The Labute approximate surface area is 107 Å². The Hall–Kier alpha value is -0.0600. The van der Waals surface area contributed by atoms with Gasteiger partial charge >= 0.3 is 0 Å². The van der Waals surface area contributed by atoms with Crippen molar-refractivity contribution in [2.24, 2.45) is 5.92 Å². The summed E-state index contributed by atoms with van der Waals surface area (Å²) in [6.45, 7) is 7.66. The molecule has 2 nitrogen and oxygen atoms in total. The summed E-state index contributed by atoms with van der Waals surface area (Å²) in [5.41, 5.74) is 1.31. The average molecular weight is 258 g/mol. The SMILES string of the molecule is CCSCc1nc(CC(C)C)c(CNC)s1. The topological polar surface area (TPSA) is 24.9 Å². The van der Waals surface area contributed by atoms with Crippen LogP contribution in [0.2, 0.25) is 0 Å². The van der Waals surface area contributed by atoms with Crippen LogP contribution in [0, 0.1) is 5.92 Å². The summed E-state index contributed by atoms with van der Waals surface area (Å²) in [6.07, 6.45) is 1.10. The van der Waals surface area contributed by atoms with E-state index in [0.717, 1.165) is 18.7 Å². The zero-order valence-corrected chi connectivity index (χ0v) is 12.3. The predicted molar refractivity (Wildman–Crippen MR) is 75.3 cm³/mol. The molecule has 0 aromatic carbocycles. The van der Waals surface area contributed by atoms with E-state index >= 15 is 0 Å². The molecule has 1 aromatic heterocycles. The lowest BCUT2D eigenvalue weighted by atomic mass is 10.1. The van der Waals surface area contributed by atoms with E-state index in [1.165, 1.54) is 21.3 Å². The van der Waals surface area contributed by atoms with Gasteiger partial charge in [-0.3, -0.25) is 0 Å². The van der Waals surface area contributed by atoms with Crippen molar-refractivity contribution in [1.29, 1.82) is 0 Å². The van der Waals surface area contributed by atoms with Crippen LogP contribution in [0.4, 0.5) is 0 Å². The maximum Gasteiger partial charge on any atom is 0.103 e. The quantitative estimate of drug-likeness (QED) is 0.812. The molecule has 0 saturated heterocycles. The minimum Gasteiger partial charge on any atom is -0.315 e. The fraction of sp³-hybridized carbons (Fsp3) is 0.750. The fourth-order valence-corrected chi connectivity index (χ4v) is 3.37. The van der Waals surface area contributed by atoms with E-state index in [1.807, 2.05) is 30.1 Å². The first-order valence-electron chi connectivity index (χ1n) is 5.87. The minimum atomic E-state index is 0.685. The molecule has 4 heteroatoms. The van der Waals surface area contributed by atoms with Crippen LogP contribution in [0.5, 0.6) is 0 Å². The first-order valence-corrected chi connectivity index (χ1v) is 7.84. The molecule has 0 atom stereocenters. The standard InChI is InChI=1S/C12H22N2S2/c1-5-15-8-12-14-10(6-9(2)3)11(16-12)7-13-4/h9,13H,5-8H2,1-4H3. The Morgan fingerprint density at radius 2 is 2.19 bits per heavy atom. The molecule has 0 amide bonds. The molecule has 1 N–H and O–H groups in total. The van der Waals surface area contributed by atoms with Crippen LogP contribution >= 0.6 is 23.1 Å². The Morgan fingerprint density at radius 1 is 1.44 bits per heavy atom. The van der Waals surface area contributed by atoms with Gasteiger partial charge in [0.1, 0.15) is 5.01 Å². The molecule has 92 valence electrons. The third-order valence-corrected chi connectivity index (χ3v) is 4.36. The molecule has 0 aliphatic carbocycles. The van der Waals surface area contributed by atoms with Crippen LogP contribution in [0.3, 0.4) is 0 Å². The van der Waals surface area contributed by atoms with Crippen molar-refractivity contribution in [2.75, 3.05) is 12.8 Å². The molecule has 1 aromatic rings. The van der Waals surface area contributed by atoms with Crippen molar-refractivity contribution in [3.05, 3.63) is 15.6 Å². The number of nitrogens with one attached hydrogen (secondary N) is 1. The molecule has 0 aliphatic heterocycles. The van der Waals surface area contributed by atoms with E-state index in [0.29, 0.717) is 5.92 Å². The smallest absolute Gasteiger partial charge is 0.103 e. The van der Waals surface area contributed by atoms with Crippen LogP contribution in [-0.2, 0) is 18.7 Å². The Balaban J connectivity index is 2.73. The lowest BCUT2D eigenvalue weighted by Crippen LogP contribution is -2.07. The van der Waals surface area contributed by atoms with Crippen LogP contribution < -0.4 is 5.32 Å². The molecular weight excluding hydrogens is 236 g/mol. The first-order chi connectivity index (χ1) is 7.67. The summed E-state index contributed by atoms with van der Waals surface area (Å²) in [5, 5.41) is 4.52. The minimum absolute atomic E-state index is 0.685. The maximum absolute atomic E-state index is 4.76. The van der Waals surface area contributed by atoms with Gasteiger partial charge in [0, 0.05) is 17.2 Å². The molecule has 1 heterocycles. The summed E-state index contributed by atoms with van der Waals surface area (Å²) >= 11 is 3.82. The predicted octanol–water partition coefficient (Wildman–Crippen LogP) is 3.31. The van der Waals surface area contributed by atoms with Crippen LogP contribution in [0.1, 0.15) is 36.3 Å². The van der Waals surface area contributed by atoms with Crippen LogP contribution in [0.25, 0.3) is 0 Å². The molecule has 0 spiro atoms. The fourth-order valence-electron chi connectivity index (χ4n) is 1.53. The third-order valence-electron chi connectivity index (χ3n) is 2.19. The Bertz CT molecular complexity index is 308. The van der Waals surface area contributed by atoms with Gasteiger partial charge in [0.05, 0.1) is 5.69 Å². The summed E-state index contributed by atoms with van der Waals surface area (Å²) in [7, 11) is 2.00. The largest absolute Gasteiger partial charge is 0.315 e. The zero-order valence-electron chi connectivity index (χ0n) is 10.7. The summed E-state index contributed by atoms with van der Waals surface area (Å²) in [5.74, 6) is 2.92. The zero-order chi connectivity index (χ0) is 12.0. The van der Waals surface area contributed by atoms with E-state index in [4.69, 9.17) is 4.98 Å². The van der Waals surface area contributed by atoms with E-state index in [9.17, 15) is 0 Å². The van der Waals surface area contributed by atoms with Gasteiger partial charge in [-0.05, 0) is 25.1 Å². The molecule has 0 unspecified atom stereocenters. The number of rotatable bonds is 7. The van der Waals surface area contributed by atoms with Gasteiger partial charge in [0.25, 0.3) is 0 Å². The summed E-state index contributed by atoms with van der Waals surface area (Å²) in [6, 6.07) is 0. The maximum atomic E-state index is 4.76. The Morgan fingerprint density at radius 3 is 2.75 bits per heavy atom. The van der Waals surface area contributed by atoms with Crippen LogP contribution in [0.15, 0.2) is 0 Å². The summed E-state index contributed by atoms with van der Waals surface area (Å²) in [4.78, 5) is 6.18. The van der Waals surface area contributed by atoms with Gasteiger partial charge in [-0.15, -0.1) is 11.3 Å². The van der Waals surface area contributed by atoms with Crippen molar-refractivity contribution in [2.45, 2.75) is 39.5 Å². The van der Waals surface area contributed by atoms with E-state index in [-0.39, 0.29) is 0 Å². The van der Waals surface area contributed by atoms with Gasteiger partial charge in [0.2, 0.25) is 0 Å². The molecule has 0 bridgehead atoms. The third kappa shape index (κ3) is 4.44. The number of thiazole rings is 1. The first kappa shape index (κ1) is 14.0. The molecule has 0 fully saturated rings. The molecular formula is C12H22N2S2. The molecule has 0 aliphatic rings. The van der Waals surface area contributed by atoms with Gasteiger partial charge in [0.15, 0.2) is 0 Å². The van der Waals surface area contributed by atoms with Gasteiger partial charge in [-0.25, -0.2) is 4.98 Å². The highest BCUT2D eigenvalue weighted by molar-refractivity contribution is 7.98. The normalized spacial score (nSPS) is 11.3. The highest BCUT2D eigenvalue weighted by Gasteiger charge is 2.11. The number of thioether (sulfide) groups is 1. The molecule has 0 radical (unpaired) electrons. The van der Waals surface area contributed by atoms with Crippen molar-refractivity contribution in [3.63, 3.8) is 0 Å². The number of hydrogen-bond acceptors (Lipinski definition) is 4. The van der Waals surface area contributed by atoms with Gasteiger partial charge in [-0.1, -0.05) is 20.8 Å². The molecule has 1 rings (SSSR count). The second-order valence-corrected chi connectivity index (χ2v) is 6.69. The Kier molecular flexibility index (Phi) is 6.39. The number of nitrogens with zero attached hydrogens (tertiary/aromatic N) is 1. The lowest BCUT2D eigenvalue weighted by molar-refractivity contribution is 0.630. The average Bonchev–Trinajstić information content (AvgIpc) is 2.58. The monoisotopic (exact) mass is 258 g/mol. The highest BCUT2D eigenvalue weighted by atomic mass is 32.2. The number of hydrogen-bond donors (Lipinski definition) is 1. The van der Waals surface area contributed by atoms with E-state index in [1.54, 1.807) is 0 Å².